The van der Waals surface area contributed by atoms with E-state index in [2.05, 4.69) is 17.6 Å². The van der Waals surface area contributed by atoms with Crippen LogP contribution >= 0.6 is 12.4 Å². The minimum absolute atomic E-state index is 0. The second-order valence-electron chi connectivity index (χ2n) is 5.08. The molecular formula is C16H25ClN2O3. The van der Waals surface area contributed by atoms with Gasteiger partial charge in [0.2, 0.25) is 5.91 Å². The smallest absolute Gasteiger partial charge is 0.220 e. The van der Waals surface area contributed by atoms with Gasteiger partial charge >= 0.3 is 0 Å². The maximum absolute atomic E-state index is 11.7. The molecule has 0 fully saturated rings. The van der Waals surface area contributed by atoms with Crippen LogP contribution in [0.2, 0.25) is 0 Å². The highest BCUT2D eigenvalue weighted by Gasteiger charge is 2.12. The lowest BCUT2D eigenvalue weighted by molar-refractivity contribution is -0.121. The molecule has 5 nitrogen and oxygen atoms in total. The van der Waals surface area contributed by atoms with Crippen LogP contribution in [0.4, 0.5) is 0 Å². The van der Waals surface area contributed by atoms with E-state index in [1.54, 1.807) is 0 Å². The number of carbonyl (C=O) groups excluding carboxylic acids is 1. The Balaban J connectivity index is 0.00000242. The van der Waals surface area contributed by atoms with Crippen molar-refractivity contribution in [3.8, 4) is 11.5 Å². The van der Waals surface area contributed by atoms with Gasteiger partial charge < -0.3 is 20.1 Å². The largest absolute Gasteiger partial charge is 0.486 e. The van der Waals surface area contributed by atoms with Gasteiger partial charge in [0.1, 0.15) is 13.2 Å². The summed E-state index contributed by atoms with van der Waals surface area (Å²) >= 11 is 0. The molecule has 1 aliphatic heterocycles. The summed E-state index contributed by atoms with van der Waals surface area (Å²) in [5, 5.41) is 6.17. The standard InChI is InChI=1S/C16H24N2O3.ClH/c1-2-7-17-8-9-18-16(19)6-4-13-3-5-14-15(12-13)21-11-10-20-14;/h3,5,12,17H,2,4,6-11H2,1H3,(H,18,19);1H. The lowest BCUT2D eigenvalue weighted by Gasteiger charge is -2.18. The fourth-order valence-electron chi connectivity index (χ4n) is 2.18. The van der Waals surface area contributed by atoms with Crippen molar-refractivity contribution >= 4 is 18.3 Å². The van der Waals surface area contributed by atoms with Crippen LogP contribution in [0.5, 0.6) is 11.5 Å². The first-order valence-electron chi connectivity index (χ1n) is 7.65. The van der Waals surface area contributed by atoms with Gasteiger partial charge in [0.05, 0.1) is 0 Å². The molecule has 22 heavy (non-hydrogen) atoms. The van der Waals surface area contributed by atoms with Gasteiger partial charge in [0, 0.05) is 19.5 Å². The third kappa shape index (κ3) is 6.12. The summed E-state index contributed by atoms with van der Waals surface area (Å²) in [4.78, 5) is 11.7. The molecule has 1 heterocycles. The number of nitrogens with one attached hydrogen (secondary N) is 2. The quantitative estimate of drug-likeness (QED) is 0.716. The number of hydrogen-bond acceptors (Lipinski definition) is 4. The molecule has 0 aromatic heterocycles. The van der Waals surface area contributed by atoms with Crippen LogP contribution in [-0.4, -0.2) is 38.8 Å². The summed E-state index contributed by atoms with van der Waals surface area (Å²) < 4.78 is 11.0. The van der Waals surface area contributed by atoms with E-state index in [1.807, 2.05) is 18.2 Å². The van der Waals surface area contributed by atoms with Crippen LogP contribution in [0.25, 0.3) is 0 Å². The average molecular weight is 329 g/mol. The number of carbonyl (C=O) groups is 1. The van der Waals surface area contributed by atoms with E-state index in [1.165, 1.54) is 0 Å². The predicted molar refractivity (Wildman–Crippen MR) is 89.2 cm³/mol. The van der Waals surface area contributed by atoms with Gasteiger partial charge in [0.15, 0.2) is 11.5 Å². The SMILES string of the molecule is CCCNCCNC(=O)CCc1ccc2c(c1)OCCO2.Cl. The van der Waals surface area contributed by atoms with E-state index in [-0.39, 0.29) is 18.3 Å². The number of hydrogen-bond donors (Lipinski definition) is 2. The van der Waals surface area contributed by atoms with Gasteiger partial charge in [-0.05, 0) is 37.1 Å². The molecule has 0 aliphatic carbocycles. The third-order valence-electron chi connectivity index (χ3n) is 3.30. The molecular weight excluding hydrogens is 304 g/mol. The molecule has 1 amide bonds. The van der Waals surface area contributed by atoms with Gasteiger partial charge in [-0.15, -0.1) is 12.4 Å². The Morgan fingerprint density at radius 3 is 2.68 bits per heavy atom. The number of amides is 1. The van der Waals surface area contributed by atoms with Gasteiger partial charge in [-0.25, -0.2) is 0 Å². The maximum atomic E-state index is 11.7. The van der Waals surface area contributed by atoms with Crippen molar-refractivity contribution in [1.29, 1.82) is 0 Å². The molecule has 2 N–H and O–H groups in total. The fraction of sp³-hybridized carbons (Fsp3) is 0.562. The van der Waals surface area contributed by atoms with Crippen LogP contribution < -0.4 is 20.1 Å². The number of rotatable bonds is 8. The van der Waals surface area contributed by atoms with Crippen molar-refractivity contribution in [2.75, 3.05) is 32.8 Å². The van der Waals surface area contributed by atoms with E-state index in [4.69, 9.17) is 9.47 Å². The summed E-state index contributed by atoms with van der Waals surface area (Å²) in [7, 11) is 0. The second-order valence-corrected chi connectivity index (χ2v) is 5.08. The van der Waals surface area contributed by atoms with E-state index in [9.17, 15) is 4.79 Å². The monoisotopic (exact) mass is 328 g/mol. The van der Waals surface area contributed by atoms with Gasteiger partial charge in [0.25, 0.3) is 0 Å². The summed E-state index contributed by atoms with van der Waals surface area (Å²) in [6, 6.07) is 5.87. The predicted octanol–water partition coefficient (Wildman–Crippen LogP) is 1.93. The van der Waals surface area contributed by atoms with Gasteiger partial charge in [-0.3, -0.25) is 4.79 Å². The molecule has 0 saturated heterocycles. The Morgan fingerprint density at radius 2 is 1.91 bits per heavy atom. The lowest BCUT2D eigenvalue weighted by Crippen LogP contribution is -2.32. The molecule has 0 spiro atoms. The first kappa shape index (κ1) is 18.6. The number of fused-ring (bicyclic) bond motifs is 1. The van der Waals surface area contributed by atoms with Gasteiger partial charge in [-0.2, -0.15) is 0 Å². The molecule has 1 aliphatic rings. The summed E-state index contributed by atoms with van der Waals surface area (Å²) in [5.74, 6) is 1.66. The normalized spacial score (nSPS) is 12.4. The van der Waals surface area contributed by atoms with Crippen molar-refractivity contribution in [3.05, 3.63) is 23.8 Å². The van der Waals surface area contributed by atoms with E-state index >= 15 is 0 Å². The molecule has 0 atom stereocenters. The first-order chi connectivity index (χ1) is 10.3. The average Bonchev–Trinajstić information content (AvgIpc) is 2.52. The minimum atomic E-state index is 0. The molecule has 0 radical (unpaired) electrons. The molecule has 0 bridgehead atoms. The molecule has 1 aromatic rings. The highest BCUT2D eigenvalue weighted by atomic mass is 35.5. The number of benzene rings is 1. The number of aryl methyl sites for hydroxylation is 1. The summed E-state index contributed by atoms with van der Waals surface area (Å²) in [6.07, 6.45) is 2.32. The molecule has 124 valence electrons. The molecule has 0 unspecified atom stereocenters. The van der Waals surface area contributed by atoms with Crippen LogP contribution in [0, 0.1) is 0 Å². The lowest BCUT2D eigenvalue weighted by atomic mass is 10.1. The fourth-order valence-corrected chi connectivity index (χ4v) is 2.18. The van der Waals surface area contributed by atoms with Crippen molar-refractivity contribution < 1.29 is 14.3 Å². The zero-order chi connectivity index (χ0) is 14.9. The van der Waals surface area contributed by atoms with Crippen LogP contribution in [-0.2, 0) is 11.2 Å². The molecule has 1 aromatic carbocycles. The summed E-state index contributed by atoms with van der Waals surface area (Å²) in [6.45, 7) is 5.80. The summed E-state index contributed by atoms with van der Waals surface area (Å²) in [5.41, 5.74) is 1.10. The second kappa shape index (κ2) is 10.3. The van der Waals surface area contributed by atoms with Crippen LogP contribution in [0.1, 0.15) is 25.3 Å². The van der Waals surface area contributed by atoms with Crippen molar-refractivity contribution in [3.63, 3.8) is 0 Å². The number of halogens is 1. The Hall–Kier alpha value is -1.46. The minimum Gasteiger partial charge on any atom is -0.486 e. The maximum Gasteiger partial charge on any atom is 0.220 e. The Morgan fingerprint density at radius 1 is 1.14 bits per heavy atom. The zero-order valence-corrected chi connectivity index (χ0v) is 13.8. The molecule has 6 heteroatoms. The van der Waals surface area contributed by atoms with Crippen molar-refractivity contribution in [2.45, 2.75) is 26.2 Å². The number of ether oxygens (including phenoxy) is 2. The van der Waals surface area contributed by atoms with E-state index in [0.717, 1.165) is 36.6 Å². The van der Waals surface area contributed by atoms with E-state index < -0.39 is 0 Å². The highest BCUT2D eigenvalue weighted by Crippen LogP contribution is 2.30. The third-order valence-corrected chi connectivity index (χ3v) is 3.30. The molecule has 0 saturated carbocycles. The Kier molecular flexibility index (Phi) is 8.70. The van der Waals surface area contributed by atoms with Crippen molar-refractivity contribution in [2.24, 2.45) is 0 Å². The van der Waals surface area contributed by atoms with Crippen LogP contribution in [0.15, 0.2) is 18.2 Å². The van der Waals surface area contributed by atoms with Crippen molar-refractivity contribution in [1.82, 2.24) is 10.6 Å². The van der Waals surface area contributed by atoms with E-state index in [0.29, 0.717) is 32.6 Å². The Bertz CT molecular complexity index is 469. The highest BCUT2D eigenvalue weighted by molar-refractivity contribution is 5.85. The molecule has 2 rings (SSSR count). The Labute approximate surface area is 138 Å². The zero-order valence-electron chi connectivity index (χ0n) is 13.0. The van der Waals surface area contributed by atoms with Crippen LogP contribution in [0.3, 0.4) is 0 Å². The van der Waals surface area contributed by atoms with Gasteiger partial charge in [-0.1, -0.05) is 13.0 Å². The topological polar surface area (TPSA) is 59.6 Å². The first-order valence-corrected chi connectivity index (χ1v) is 7.65.